The molecular formula is C20H24IN3O8. The van der Waals surface area contributed by atoms with E-state index in [1.54, 1.807) is 12.1 Å². The van der Waals surface area contributed by atoms with Gasteiger partial charge in [-0.15, -0.1) is 0 Å². The van der Waals surface area contributed by atoms with Crippen LogP contribution in [0.1, 0.15) is 43.7 Å². The zero-order valence-corrected chi connectivity index (χ0v) is 19.6. The first-order valence-corrected chi connectivity index (χ1v) is 11.0. The Labute approximate surface area is 196 Å². The van der Waals surface area contributed by atoms with Gasteiger partial charge in [0.2, 0.25) is 0 Å². The minimum absolute atomic E-state index is 0.0704. The van der Waals surface area contributed by atoms with Crippen LogP contribution in [0.5, 0.6) is 0 Å². The van der Waals surface area contributed by atoms with Crippen molar-refractivity contribution in [2.45, 2.75) is 51.4 Å². The van der Waals surface area contributed by atoms with Crippen LogP contribution >= 0.6 is 22.6 Å². The molecule has 0 spiro atoms. The summed E-state index contributed by atoms with van der Waals surface area (Å²) in [7, 11) is 0. The van der Waals surface area contributed by atoms with Crippen LogP contribution in [0.2, 0.25) is 0 Å². The minimum atomic E-state index is -0.949. The van der Waals surface area contributed by atoms with Gasteiger partial charge in [-0.05, 0) is 40.6 Å². The van der Waals surface area contributed by atoms with Crippen LogP contribution in [0.15, 0.2) is 34.0 Å². The zero-order valence-electron chi connectivity index (χ0n) is 17.4. The van der Waals surface area contributed by atoms with Crippen molar-refractivity contribution in [2.24, 2.45) is 5.92 Å². The smallest absolute Gasteiger partial charge is 0.330 e. The van der Waals surface area contributed by atoms with Crippen molar-refractivity contribution in [3.05, 3.63) is 70.0 Å². The number of aromatic nitrogens is 2. The fourth-order valence-electron chi connectivity index (χ4n) is 3.63. The molecule has 32 heavy (non-hydrogen) atoms. The van der Waals surface area contributed by atoms with Gasteiger partial charge < -0.3 is 19.7 Å². The molecule has 1 unspecified atom stereocenters. The third kappa shape index (κ3) is 5.26. The predicted octanol–water partition coefficient (Wildman–Crippen LogP) is 1.60. The van der Waals surface area contributed by atoms with Gasteiger partial charge in [0.15, 0.2) is 0 Å². The summed E-state index contributed by atoms with van der Waals surface area (Å²) in [5.74, 6) is -0.141. The second kappa shape index (κ2) is 10.2. The van der Waals surface area contributed by atoms with Gasteiger partial charge in [-0.25, -0.2) is 4.79 Å². The Balaban J connectivity index is 1.88. The number of benzene rings is 1. The lowest BCUT2D eigenvalue weighted by Gasteiger charge is -2.22. The molecule has 2 heterocycles. The standard InChI is InChI=1S/C20H24IN3O8/c1-10(2)18(13-4-3-12(21)5-14(13)24(29)30)31-9-11-7-23(20(28)22-19(11)27)17-6-15(26)16(8-25)32-17/h3-5,7,10,15-18,25-26H,6,8-9H2,1-2H3,(H,22,27,28)/t15?,16-,17-,18+/m1/s1. The van der Waals surface area contributed by atoms with E-state index in [-0.39, 0.29) is 30.2 Å². The quantitative estimate of drug-likeness (QED) is 0.249. The van der Waals surface area contributed by atoms with Gasteiger partial charge in [-0.3, -0.25) is 24.5 Å². The average Bonchev–Trinajstić information content (AvgIpc) is 3.10. The molecule has 12 heteroatoms. The normalized spacial score (nSPS) is 21.8. The van der Waals surface area contributed by atoms with E-state index in [1.807, 2.05) is 36.4 Å². The molecular weight excluding hydrogens is 537 g/mol. The fraction of sp³-hybridized carbons (Fsp3) is 0.500. The number of aliphatic hydroxyl groups excluding tert-OH is 2. The average molecular weight is 561 g/mol. The highest BCUT2D eigenvalue weighted by Gasteiger charge is 2.35. The van der Waals surface area contributed by atoms with E-state index in [0.717, 1.165) is 4.57 Å². The van der Waals surface area contributed by atoms with Gasteiger partial charge in [0.25, 0.3) is 11.2 Å². The van der Waals surface area contributed by atoms with Crippen LogP contribution in [0, 0.1) is 19.6 Å². The SMILES string of the molecule is CC(C)[C@H](OCc1cn([C@H]2CC(O)[C@@H](CO)O2)c(=O)[nH]c1=O)c1ccc(I)cc1[N+](=O)[O-]. The highest BCUT2D eigenvalue weighted by Crippen LogP contribution is 2.34. The van der Waals surface area contributed by atoms with Crippen LogP contribution in [-0.4, -0.2) is 43.5 Å². The number of nitro groups is 1. The number of rotatable bonds is 8. The summed E-state index contributed by atoms with van der Waals surface area (Å²) in [5, 5.41) is 30.7. The number of nitrogens with one attached hydrogen (secondary N) is 1. The molecule has 174 valence electrons. The molecule has 0 saturated carbocycles. The molecule has 1 saturated heterocycles. The molecule has 3 rings (SSSR count). The van der Waals surface area contributed by atoms with Crippen molar-refractivity contribution in [1.29, 1.82) is 0 Å². The number of ether oxygens (including phenoxy) is 2. The summed E-state index contributed by atoms with van der Waals surface area (Å²) >= 11 is 1.99. The Bertz CT molecular complexity index is 1100. The van der Waals surface area contributed by atoms with Crippen molar-refractivity contribution < 1.29 is 24.6 Å². The van der Waals surface area contributed by atoms with Gasteiger partial charge in [-0.2, -0.15) is 0 Å². The van der Waals surface area contributed by atoms with Gasteiger partial charge in [-0.1, -0.05) is 13.8 Å². The third-order valence-electron chi connectivity index (χ3n) is 5.26. The second-order valence-corrected chi connectivity index (χ2v) is 9.12. The first-order chi connectivity index (χ1) is 15.1. The van der Waals surface area contributed by atoms with E-state index in [0.29, 0.717) is 9.13 Å². The first kappa shape index (κ1) is 24.5. The van der Waals surface area contributed by atoms with Crippen molar-refractivity contribution in [2.75, 3.05) is 6.61 Å². The highest BCUT2D eigenvalue weighted by atomic mass is 127. The topological polar surface area (TPSA) is 157 Å². The Morgan fingerprint density at radius 3 is 2.72 bits per heavy atom. The van der Waals surface area contributed by atoms with E-state index in [1.165, 1.54) is 12.3 Å². The van der Waals surface area contributed by atoms with Crippen molar-refractivity contribution in [1.82, 2.24) is 9.55 Å². The first-order valence-electron chi connectivity index (χ1n) is 9.96. The molecule has 1 aromatic heterocycles. The molecule has 1 aromatic carbocycles. The summed E-state index contributed by atoms with van der Waals surface area (Å²) in [6.07, 6.45) is -1.95. The lowest BCUT2D eigenvalue weighted by atomic mass is 9.97. The molecule has 4 atom stereocenters. The third-order valence-corrected chi connectivity index (χ3v) is 5.93. The molecule has 0 aliphatic carbocycles. The van der Waals surface area contributed by atoms with Crippen LogP contribution in [0.25, 0.3) is 0 Å². The Hall–Kier alpha value is -2.13. The highest BCUT2D eigenvalue weighted by molar-refractivity contribution is 14.1. The van der Waals surface area contributed by atoms with Crippen molar-refractivity contribution in [3.63, 3.8) is 0 Å². The number of H-pyrrole nitrogens is 1. The van der Waals surface area contributed by atoms with Crippen LogP contribution in [0.4, 0.5) is 5.69 Å². The molecule has 1 fully saturated rings. The summed E-state index contributed by atoms with van der Waals surface area (Å²) in [6.45, 7) is 3.08. The fourth-order valence-corrected chi connectivity index (χ4v) is 4.11. The summed E-state index contributed by atoms with van der Waals surface area (Å²) in [4.78, 5) is 37.9. The van der Waals surface area contributed by atoms with E-state index in [9.17, 15) is 29.9 Å². The summed E-state index contributed by atoms with van der Waals surface area (Å²) in [6, 6.07) is 4.84. The lowest BCUT2D eigenvalue weighted by Crippen LogP contribution is -2.34. The molecule has 0 radical (unpaired) electrons. The van der Waals surface area contributed by atoms with Crippen LogP contribution in [-0.2, 0) is 16.1 Å². The molecule has 1 aliphatic heterocycles. The van der Waals surface area contributed by atoms with Crippen molar-refractivity contribution in [3.8, 4) is 0 Å². The van der Waals surface area contributed by atoms with Crippen LogP contribution in [0.3, 0.4) is 0 Å². The minimum Gasteiger partial charge on any atom is -0.394 e. The number of nitrogens with zero attached hydrogens (tertiary/aromatic N) is 2. The molecule has 1 aliphatic rings. The number of hydrogen-bond donors (Lipinski definition) is 3. The lowest BCUT2D eigenvalue weighted by molar-refractivity contribution is -0.386. The Morgan fingerprint density at radius 1 is 1.41 bits per heavy atom. The molecule has 0 bridgehead atoms. The molecule has 11 nitrogen and oxygen atoms in total. The predicted molar refractivity (Wildman–Crippen MR) is 121 cm³/mol. The van der Waals surface area contributed by atoms with Crippen molar-refractivity contribution >= 4 is 28.3 Å². The van der Waals surface area contributed by atoms with E-state index >= 15 is 0 Å². The molecule has 3 N–H and O–H groups in total. The summed E-state index contributed by atoms with van der Waals surface area (Å²) < 4.78 is 13.3. The van der Waals surface area contributed by atoms with Gasteiger partial charge in [0, 0.05) is 22.3 Å². The van der Waals surface area contributed by atoms with Gasteiger partial charge >= 0.3 is 5.69 Å². The number of nitro benzene ring substituents is 1. The maximum absolute atomic E-state index is 12.3. The monoisotopic (exact) mass is 561 g/mol. The number of aromatic amines is 1. The Kier molecular flexibility index (Phi) is 7.82. The van der Waals surface area contributed by atoms with Crippen LogP contribution < -0.4 is 11.2 Å². The summed E-state index contributed by atoms with van der Waals surface area (Å²) in [5.41, 5.74) is -0.929. The van der Waals surface area contributed by atoms with Gasteiger partial charge in [0.05, 0.1) is 41.5 Å². The number of aliphatic hydroxyl groups is 2. The zero-order chi connectivity index (χ0) is 23.6. The maximum Gasteiger partial charge on any atom is 0.330 e. The maximum atomic E-state index is 12.3. The van der Waals surface area contributed by atoms with Gasteiger partial charge in [0.1, 0.15) is 12.3 Å². The van der Waals surface area contributed by atoms with E-state index < -0.39 is 47.3 Å². The largest absolute Gasteiger partial charge is 0.394 e. The second-order valence-electron chi connectivity index (χ2n) is 7.87. The van der Waals surface area contributed by atoms with E-state index in [4.69, 9.17) is 9.47 Å². The van der Waals surface area contributed by atoms with E-state index in [2.05, 4.69) is 4.98 Å². The Morgan fingerprint density at radius 2 is 2.12 bits per heavy atom. The molecule has 0 amide bonds. The molecule has 2 aromatic rings. The number of hydrogen-bond acceptors (Lipinski definition) is 8. The number of halogens is 1.